The molecule has 0 radical (unpaired) electrons. The molecule has 1 aromatic carbocycles. The van der Waals surface area contributed by atoms with E-state index in [1.54, 1.807) is 31.3 Å². The van der Waals surface area contributed by atoms with Crippen molar-refractivity contribution in [2.75, 3.05) is 32.5 Å². The zero-order valence-corrected chi connectivity index (χ0v) is 21.1. The van der Waals surface area contributed by atoms with Crippen molar-refractivity contribution in [3.8, 4) is 5.75 Å². The van der Waals surface area contributed by atoms with Gasteiger partial charge < -0.3 is 14.7 Å². The second-order valence-corrected chi connectivity index (χ2v) is 10.4. The number of hydrogen-bond acceptors (Lipinski definition) is 7. The molecule has 35 heavy (non-hydrogen) atoms. The highest BCUT2D eigenvalue weighted by molar-refractivity contribution is 7.99. The average molecular weight is 495 g/mol. The number of methoxy groups -OCH3 is 1. The number of pyridine rings is 1. The second kappa shape index (κ2) is 12.8. The summed E-state index contributed by atoms with van der Waals surface area (Å²) in [6.45, 7) is 3.08. The zero-order valence-electron chi connectivity index (χ0n) is 20.3. The molecule has 1 N–H and O–H groups in total. The first-order valence-electron chi connectivity index (χ1n) is 12.4. The molecule has 1 saturated heterocycles. The van der Waals surface area contributed by atoms with E-state index in [1.165, 1.54) is 5.56 Å². The van der Waals surface area contributed by atoms with Crippen molar-refractivity contribution in [3.05, 3.63) is 54.5 Å². The van der Waals surface area contributed by atoms with E-state index in [9.17, 15) is 9.90 Å². The Morgan fingerprint density at radius 2 is 2.09 bits per heavy atom. The molecule has 186 valence electrons. The highest BCUT2D eigenvalue weighted by Gasteiger charge is 2.29. The fraction of sp³-hybridized carbons (Fsp3) is 0.481. The molecule has 7 nitrogen and oxygen atoms in total. The van der Waals surface area contributed by atoms with Crippen molar-refractivity contribution >= 4 is 28.6 Å². The Morgan fingerprint density at radius 1 is 1.17 bits per heavy atom. The number of carboxylic acids is 1. The Labute approximate surface area is 211 Å². The van der Waals surface area contributed by atoms with Crippen LogP contribution in [0.4, 0.5) is 0 Å². The van der Waals surface area contributed by atoms with Gasteiger partial charge in [-0.3, -0.25) is 9.78 Å². The Kier molecular flexibility index (Phi) is 9.31. The van der Waals surface area contributed by atoms with E-state index in [4.69, 9.17) is 4.74 Å². The molecule has 4 rings (SSSR count). The third-order valence-electron chi connectivity index (χ3n) is 7.00. The SMILES string of the molecule is COc1ccc2nccc(CCCC3CCN(CCSc4ccnnc4)CC3CCC(=O)O)c2c1. The molecule has 1 aliphatic rings. The number of aromatic nitrogens is 3. The molecule has 1 aliphatic heterocycles. The molecule has 0 aliphatic carbocycles. The van der Waals surface area contributed by atoms with Gasteiger partial charge in [0.15, 0.2) is 0 Å². The van der Waals surface area contributed by atoms with Gasteiger partial charge in [0, 0.05) is 41.7 Å². The molecule has 3 heterocycles. The van der Waals surface area contributed by atoms with Crippen LogP contribution in [-0.4, -0.2) is 63.7 Å². The van der Waals surface area contributed by atoms with Crippen LogP contribution >= 0.6 is 11.8 Å². The first kappa shape index (κ1) is 25.4. The van der Waals surface area contributed by atoms with Crippen molar-refractivity contribution < 1.29 is 14.6 Å². The molecule has 3 aromatic rings. The molecule has 2 atom stereocenters. The van der Waals surface area contributed by atoms with Crippen molar-refractivity contribution in [1.82, 2.24) is 20.1 Å². The lowest BCUT2D eigenvalue weighted by molar-refractivity contribution is -0.137. The molecule has 0 spiro atoms. The topological polar surface area (TPSA) is 88.4 Å². The number of benzene rings is 1. The maximum Gasteiger partial charge on any atom is 0.303 e. The molecule has 0 bridgehead atoms. The minimum absolute atomic E-state index is 0.251. The maximum atomic E-state index is 11.3. The summed E-state index contributed by atoms with van der Waals surface area (Å²) in [4.78, 5) is 19.4. The van der Waals surface area contributed by atoms with Gasteiger partial charge in [0.2, 0.25) is 0 Å². The molecule has 2 unspecified atom stereocenters. The van der Waals surface area contributed by atoms with Crippen molar-refractivity contribution in [2.24, 2.45) is 11.8 Å². The predicted molar refractivity (Wildman–Crippen MR) is 139 cm³/mol. The summed E-state index contributed by atoms with van der Waals surface area (Å²) in [5, 5.41) is 18.2. The summed E-state index contributed by atoms with van der Waals surface area (Å²) in [5.74, 6) is 2.16. The number of hydrogen-bond donors (Lipinski definition) is 1. The highest BCUT2D eigenvalue weighted by Crippen LogP contribution is 2.32. The second-order valence-electron chi connectivity index (χ2n) is 9.21. The standard InChI is InChI=1S/C27H34N4O3S/c1-34-23-6-7-26-25(17-23)21(9-12-28-26)4-2-3-20-11-14-31(19-22(20)5-8-27(32)33)15-16-35-24-10-13-29-30-18-24/h6-7,9-10,12-13,17-18,20,22H,2-5,8,11,14-16,19H2,1H3,(H,32,33). The number of piperidine rings is 1. The molecule has 0 saturated carbocycles. The van der Waals surface area contributed by atoms with Crippen LogP contribution in [0.2, 0.25) is 0 Å². The summed E-state index contributed by atoms with van der Waals surface area (Å²) in [6.07, 6.45) is 10.8. The predicted octanol–water partition coefficient (Wildman–Crippen LogP) is 4.95. The van der Waals surface area contributed by atoms with Crippen LogP contribution in [0.5, 0.6) is 5.75 Å². The van der Waals surface area contributed by atoms with Crippen LogP contribution < -0.4 is 4.74 Å². The van der Waals surface area contributed by atoms with Crippen LogP contribution in [0.1, 0.15) is 37.7 Å². The average Bonchev–Trinajstić information content (AvgIpc) is 2.88. The molecular weight excluding hydrogens is 460 g/mol. The van der Waals surface area contributed by atoms with Gasteiger partial charge in [-0.05, 0) is 86.4 Å². The molecular formula is C27H34N4O3S. The molecule has 0 amide bonds. The van der Waals surface area contributed by atoms with E-state index in [0.717, 1.165) is 79.0 Å². The van der Waals surface area contributed by atoms with Crippen molar-refractivity contribution in [2.45, 2.75) is 43.4 Å². The van der Waals surface area contributed by atoms with Crippen LogP contribution in [0, 0.1) is 11.8 Å². The number of carboxylic acid groups (broad SMARTS) is 1. The van der Waals surface area contributed by atoms with Crippen LogP contribution in [-0.2, 0) is 11.2 Å². The maximum absolute atomic E-state index is 11.3. The first-order chi connectivity index (χ1) is 17.1. The number of carbonyl (C=O) groups is 1. The van der Waals surface area contributed by atoms with E-state index < -0.39 is 5.97 Å². The smallest absolute Gasteiger partial charge is 0.303 e. The molecule has 2 aromatic heterocycles. The number of ether oxygens (including phenoxy) is 1. The lowest BCUT2D eigenvalue weighted by Crippen LogP contribution is -2.41. The minimum atomic E-state index is -0.696. The minimum Gasteiger partial charge on any atom is -0.497 e. The van der Waals surface area contributed by atoms with Crippen LogP contribution in [0.15, 0.2) is 53.8 Å². The summed E-state index contributed by atoms with van der Waals surface area (Å²) >= 11 is 1.80. The number of aliphatic carboxylic acids is 1. The Hall–Kier alpha value is -2.71. The normalized spacial score (nSPS) is 18.5. The lowest BCUT2D eigenvalue weighted by Gasteiger charge is -2.39. The summed E-state index contributed by atoms with van der Waals surface area (Å²) < 4.78 is 5.41. The van der Waals surface area contributed by atoms with Gasteiger partial charge in [-0.15, -0.1) is 11.8 Å². The number of fused-ring (bicyclic) bond motifs is 1. The number of likely N-dealkylation sites (tertiary alicyclic amines) is 1. The monoisotopic (exact) mass is 494 g/mol. The van der Waals surface area contributed by atoms with Gasteiger partial charge in [0.05, 0.1) is 25.0 Å². The fourth-order valence-corrected chi connectivity index (χ4v) is 5.98. The van der Waals surface area contributed by atoms with E-state index in [-0.39, 0.29) is 6.42 Å². The Balaban J connectivity index is 1.31. The fourth-order valence-electron chi connectivity index (χ4n) is 5.11. The lowest BCUT2D eigenvalue weighted by atomic mass is 9.79. The van der Waals surface area contributed by atoms with Gasteiger partial charge >= 0.3 is 5.97 Å². The van der Waals surface area contributed by atoms with E-state index in [0.29, 0.717) is 11.8 Å². The third kappa shape index (κ3) is 7.39. The Bertz CT molecular complexity index is 1100. The Morgan fingerprint density at radius 3 is 2.89 bits per heavy atom. The summed E-state index contributed by atoms with van der Waals surface area (Å²) in [7, 11) is 1.69. The highest BCUT2D eigenvalue weighted by atomic mass is 32.2. The number of rotatable bonds is 12. The zero-order chi connectivity index (χ0) is 24.5. The number of nitrogens with zero attached hydrogens (tertiary/aromatic N) is 4. The van der Waals surface area contributed by atoms with Crippen LogP contribution in [0.25, 0.3) is 10.9 Å². The van der Waals surface area contributed by atoms with Crippen molar-refractivity contribution in [1.29, 1.82) is 0 Å². The molecule has 8 heteroatoms. The van der Waals surface area contributed by atoms with Gasteiger partial charge in [-0.1, -0.05) is 0 Å². The largest absolute Gasteiger partial charge is 0.497 e. The first-order valence-corrected chi connectivity index (χ1v) is 13.4. The quantitative estimate of drug-likeness (QED) is 0.354. The number of aryl methyl sites for hydroxylation is 1. The summed E-state index contributed by atoms with van der Waals surface area (Å²) in [5.41, 5.74) is 2.30. The number of thioether (sulfide) groups is 1. The van der Waals surface area contributed by atoms with Gasteiger partial charge in [0.1, 0.15) is 5.75 Å². The van der Waals surface area contributed by atoms with Gasteiger partial charge in [-0.2, -0.15) is 10.2 Å². The molecule has 1 fully saturated rings. The van der Waals surface area contributed by atoms with Crippen molar-refractivity contribution in [3.63, 3.8) is 0 Å². The third-order valence-corrected chi connectivity index (χ3v) is 7.96. The van der Waals surface area contributed by atoms with E-state index in [1.807, 2.05) is 24.4 Å². The van der Waals surface area contributed by atoms with Gasteiger partial charge in [-0.25, -0.2) is 0 Å². The van der Waals surface area contributed by atoms with Gasteiger partial charge in [0.25, 0.3) is 0 Å². The van der Waals surface area contributed by atoms with E-state index in [2.05, 4.69) is 32.2 Å². The van der Waals surface area contributed by atoms with E-state index >= 15 is 0 Å². The van der Waals surface area contributed by atoms with Crippen LogP contribution in [0.3, 0.4) is 0 Å². The summed E-state index contributed by atoms with van der Waals surface area (Å²) in [6, 6.07) is 10.1.